The first kappa shape index (κ1) is 20.8. The van der Waals surface area contributed by atoms with Crippen molar-refractivity contribution >= 4 is 11.6 Å². The lowest BCUT2D eigenvalue weighted by Gasteiger charge is -2.37. The minimum atomic E-state index is -4.48. The van der Waals surface area contributed by atoms with Gasteiger partial charge in [0.25, 0.3) is 0 Å². The van der Waals surface area contributed by atoms with E-state index in [-0.39, 0.29) is 12.1 Å². The summed E-state index contributed by atoms with van der Waals surface area (Å²) in [6.45, 7) is 2.96. The van der Waals surface area contributed by atoms with Gasteiger partial charge in [-0.3, -0.25) is 9.67 Å². The Morgan fingerprint density at radius 2 is 1.97 bits per heavy atom. The molecule has 0 unspecified atom stereocenters. The molecule has 0 radical (unpaired) electrons. The molecule has 0 amide bonds. The Balaban J connectivity index is 1.60. The summed E-state index contributed by atoms with van der Waals surface area (Å²) in [6, 6.07) is 7.88. The maximum atomic E-state index is 13.1. The van der Waals surface area contributed by atoms with Crippen LogP contribution < -0.4 is 15.0 Å². The van der Waals surface area contributed by atoms with Gasteiger partial charge in [-0.1, -0.05) is 6.07 Å². The Morgan fingerprint density at radius 3 is 2.59 bits per heavy atom. The molecule has 0 spiro atoms. The summed E-state index contributed by atoms with van der Waals surface area (Å²) in [4.78, 5) is 8.52. The highest BCUT2D eigenvalue weighted by Crippen LogP contribution is 2.30. The van der Waals surface area contributed by atoms with Gasteiger partial charge in [-0.2, -0.15) is 18.3 Å². The van der Waals surface area contributed by atoms with Crippen LogP contribution in [-0.2, 0) is 19.8 Å². The summed E-state index contributed by atoms with van der Waals surface area (Å²) in [5.74, 6) is 1.38. The number of hydrogen-bond donors (Lipinski definition) is 1. The molecule has 7 nitrogen and oxygen atoms in total. The largest absolute Gasteiger partial charge is 0.497 e. The zero-order chi connectivity index (χ0) is 21.0. The number of aromatic nitrogens is 2. The zero-order valence-corrected chi connectivity index (χ0v) is 16.7. The predicted molar refractivity (Wildman–Crippen MR) is 105 cm³/mol. The van der Waals surface area contributed by atoms with Gasteiger partial charge in [0.1, 0.15) is 5.75 Å². The van der Waals surface area contributed by atoms with Gasteiger partial charge in [0, 0.05) is 70.3 Å². The van der Waals surface area contributed by atoms with Crippen molar-refractivity contribution in [2.75, 3.05) is 45.2 Å². The fourth-order valence-electron chi connectivity index (χ4n) is 3.40. The van der Waals surface area contributed by atoms with E-state index in [9.17, 15) is 13.2 Å². The topological polar surface area (TPSA) is 57.9 Å². The summed E-state index contributed by atoms with van der Waals surface area (Å²) in [5.41, 5.74) is 0.305. The second-order valence-corrected chi connectivity index (χ2v) is 6.75. The van der Waals surface area contributed by atoms with Gasteiger partial charge in [0.05, 0.1) is 7.11 Å². The maximum absolute atomic E-state index is 13.1. The van der Waals surface area contributed by atoms with E-state index in [0.717, 1.165) is 24.5 Å². The molecule has 0 saturated carbocycles. The highest BCUT2D eigenvalue weighted by molar-refractivity contribution is 5.80. The van der Waals surface area contributed by atoms with Crippen molar-refractivity contribution in [3.63, 3.8) is 0 Å². The number of alkyl halides is 3. The SMILES string of the molecule is CN=C(NCc1cn(C)nc1C(F)(F)F)N1CCN(c2cccc(OC)c2)CC1. The standard InChI is InChI=1S/C19H25F3N6O/c1-23-18(24-12-14-13-26(2)25-17(14)19(20,21)22)28-9-7-27(8-10-28)15-5-4-6-16(11-15)29-3/h4-6,11,13H,7-10,12H2,1-3H3,(H,23,24). The van der Waals surface area contributed by atoms with Gasteiger partial charge in [0.15, 0.2) is 11.7 Å². The van der Waals surface area contributed by atoms with E-state index >= 15 is 0 Å². The quantitative estimate of drug-likeness (QED) is 0.620. The normalized spacial score (nSPS) is 15.6. The molecule has 29 heavy (non-hydrogen) atoms. The van der Waals surface area contributed by atoms with E-state index < -0.39 is 11.9 Å². The van der Waals surface area contributed by atoms with Crippen LogP contribution in [0.5, 0.6) is 5.75 Å². The molecule has 0 bridgehead atoms. The lowest BCUT2D eigenvalue weighted by Crippen LogP contribution is -2.52. The number of halogens is 3. The van der Waals surface area contributed by atoms with E-state index in [1.807, 2.05) is 29.2 Å². The van der Waals surface area contributed by atoms with E-state index in [1.54, 1.807) is 14.2 Å². The first-order valence-electron chi connectivity index (χ1n) is 9.26. The fraction of sp³-hybridized carbons (Fsp3) is 0.474. The molecule has 2 aromatic rings. The molecule has 0 aliphatic carbocycles. The van der Waals surface area contributed by atoms with E-state index in [2.05, 4.69) is 20.3 Å². The molecule has 0 atom stereocenters. The van der Waals surface area contributed by atoms with E-state index in [0.29, 0.717) is 19.0 Å². The first-order valence-corrected chi connectivity index (χ1v) is 9.26. The number of aliphatic imine (C=N–C) groups is 1. The average Bonchev–Trinajstić information content (AvgIpc) is 3.10. The minimum absolute atomic E-state index is 0.00541. The van der Waals surface area contributed by atoms with Crippen molar-refractivity contribution in [3.8, 4) is 5.75 Å². The number of hydrogen-bond acceptors (Lipinski definition) is 4. The van der Waals surface area contributed by atoms with Crippen molar-refractivity contribution < 1.29 is 17.9 Å². The number of piperazine rings is 1. The van der Waals surface area contributed by atoms with Gasteiger partial charge < -0.3 is 19.9 Å². The van der Waals surface area contributed by atoms with Gasteiger partial charge in [-0.05, 0) is 12.1 Å². The lowest BCUT2D eigenvalue weighted by molar-refractivity contribution is -0.142. The number of benzene rings is 1. The minimum Gasteiger partial charge on any atom is -0.497 e. The molecule has 3 rings (SSSR count). The monoisotopic (exact) mass is 410 g/mol. The summed E-state index contributed by atoms with van der Waals surface area (Å²) in [5, 5.41) is 6.58. The second-order valence-electron chi connectivity index (χ2n) is 6.75. The molecule has 1 aliphatic heterocycles. The average molecular weight is 410 g/mol. The predicted octanol–water partition coefficient (Wildman–Crippen LogP) is 2.35. The number of guanidine groups is 1. The van der Waals surface area contributed by atoms with Gasteiger partial charge in [0.2, 0.25) is 0 Å². The summed E-state index contributed by atoms with van der Waals surface area (Å²) in [6.07, 6.45) is -3.10. The van der Waals surface area contributed by atoms with Crippen molar-refractivity contribution in [3.05, 3.63) is 41.7 Å². The van der Waals surface area contributed by atoms with E-state index in [4.69, 9.17) is 4.74 Å². The Bertz CT molecular complexity index is 856. The molecular formula is C19H25F3N6O. The third kappa shape index (κ3) is 4.93. The molecule has 1 aromatic heterocycles. The summed E-state index contributed by atoms with van der Waals surface area (Å²) < 4.78 is 45.8. The first-order chi connectivity index (χ1) is 13.8. The number of aryl methyl sites for hydroxylation is 1. The van der Waals surface area contributed by atoms with Crippen LogP contribution >= 0.6 is 0 Å². The van der Waals surface area contributed by atoms with Crippen LogP contribution in [0.2, 0.25) is 0 Å². The Hall–Kier alpha value is -2.91. The smallest absolute Gasteiger partial charge is 0.435 e. The molecule has 10 heteroatoms. The molecule has 1 saturated heterocycles. The molecule has 1 aliphatic rings. The highest BCUT2D eigenvalue weighted by atomic mass is 19.4. The van der Waals surface area contributed by atoms with Crippen LogP contribution in [0.25, 0.3) is 0 Å². The van der Waals surface area contributed by atoms with Crippen molar-refractivity contribution in [2.45, 2.75) is 12.7 Å². The van der Waals surface area contributed by atoms with Gasteiger partial charge in [-0.15, -0.1) is 0 Å². The summed E-state index contributed by atoms with van der Waals surface area (Å²) >= 11 is 0. The zero-order valence-electron chi connectivity index (χ0n) is 16.7. The Labute approximate surface area is 167 Å². The molecule has 2 heterocycles. The van der Waals surface area contributed by atoms with Crippen LogP contribution in [0.15, 0.2) is 35.5 Å². The third-order valence-corrected chi connectivity index (χ3v) is 4.82. The summed E-state index contributed by atoms with van der Waals surface area (Å²) in [7, 11) is 4.75. The number of nitrogens with zero attached hydrogens (tertiary/aromatic N) is 5. The number of ether oxygens (including phenoxy) is 1. The number of nitrogens with one attached hydrogen (secondary N) is 1. The molecule has 1 aromatic carbocycles. The van der Waals surface area contributed by atoms with Crippen molar-refractivity contribution in [1.82, 2.24) is 20.0 Å². The fourth-order valence-corrected chi connectivity index (χ4v) is 3.40. The molecule has 158 valence electrons. The third-order valence-electron chi connectivity index (χ3n) is 4.82. The molecule has 1 N–H and O–H groups in total. The molecule has 1 fully saturated rings. The van der Waals surface area contributed by atoms with Crippen LogP contribution in [0.4, 0.5) is 18.9 Å². The van der Waals surface area contributed by atoms with Crippen molar-refractivity contribution in [2.24, 2.45) is 12.0 Å². The number of methoxy groups -OCH3 is 1. The van der Waals surface area contributed by atoms with Crippen LogP contribution in [0.3, 0.4) is 0 Å². The van der Waals surface area contributed by atoms with Crippen molar-refractivity contribution in [1.29, 1.82) is 0 Å². The lowest BCUT2D eigenvalue weighted by atomic mass is 10.2. The van der Waals surface area contributed by atoms with Gasteiger partial charge in [-0.25, -0.2) is 0 Å². The van der Waals surface area contributed by atoms with Gasteiger partial charge >= 0.3 is 6.18 Å². The van der Waals surface area contributed by atoms with E-state index in [1.165, 1.54) is 17.9 Å². The van der Waals surface area contributed by atoms with Crippen LogP contribution in [0, 0.1) is 0 Å². The highest BCUT2D eigenvalue weighted by Gasteiger charge is 2.37. The Kier molecular flexibility index (Phi) is 6.19. The maximum Gasteiger partial charge on any atom is 0.435 e. The number of rotatable bonds is 4. The second kappa shape index (κ2) is 8.62. The van der Waals surface area contributed by atoms with Crippen LogP contribution in [-0.4, -0.2) is 61.0 Å². The molecular weight excluding hydrogens is 385 g/mol. The van der Waals surface area contributed by atoms with Crippen LogP contribution in [0.1, 0.15) is 11.3 Å². The Morgan fingerprint density at radius 1 is 1.24 bits per heavy atom. The number of anilines is 1.